The van der Waals surface area contributed by atoms with Crippen molar-refractivity contribution >= 4 is 17.5 Å². The van der Waals surface area contributed by atoms with Crippen LogP contribution in [0.3, 0.4) is 0 Å². The van der Waals surface area contributed by atoms with Crippen molar-refractivity contribution in [1.29, 1.82) is 0 Å². The van der Waals surface area contributed by atoms with Crippen LogP contribution in [-0.2, 0) is 17.9 Å². The van der Waals surface area contributed by atoms with E-state index in [1.54, 1.807) is 43.6 Å². The monoisotopic (exact) mass is 445 g/mol. The minimum Gasteiger partial charge on any atom is -0.337 e. The lowest BCUT2D eigenvalue weighted by molar-refractivity contribution is -0.117. The molecule has 2 heterocycles. The maximum atomic E-state index is 14.1. The molecule has 4 aromatic rings. The summed E-state index contributed by atoms with van der Waals surface area (Å²) in [6.07, 6.45) is 3.53. The molecule has 168 valence electrons. The molecule has 4 rings (SSSR count). The van der Waals surface area contributed by atoms with Crippen LogP contribution in [0.4, 0.5) is 16.0 Å². The third-order valence-electron chi connectivity index (χ3n) is 5.34. The largest absolute Gasteiger partial charge is 0.337 e. The number of nitrogens with two attached hydrogens (primary N) is 2. The fourth-order valence-corrected chi connectivity index (χ4v) is 3.64. The highest BCUT2D eigenvalue weighted by Crippen LogP contribution is 2.42. The Labute approximate surface area is 190 Å². The van der Waals surface area contributed by atoms with E-state index in [4.69, 9.17) is 16.0 Å². The van der Waals surface area contributed by atoms with Crippen LogP contribution in [-0.4, -0.2) is 16.0 Å². The van der Waals surface area contributed by atoms with E-state index in [0.717, 1.165) is 11.1 Å². The van der Waals surface area contributed by atoms with Crippen LogP contribution in [0.5, 0.6) is 0 Å². The second-order valence-electron chi connectivity index (χ2n) is 7.41. The Bertz CT molecular complexity index is 1270. The standard InChI is InChI=1S/C25H24FN5O2/c1-2-22(32)31(20-5-3-4-16(12-20)14-27)25-23(17-8-10-29-11-9-17)24(30-33-25)18-6-7-21(26)19(13-18)15-28/h3-13H,2,14-15,27-28H2,1H3. The molecule has 7 nitrogen and oxygen atoms in total. The minimum atomic E-state index is -0.392. The number of carbonyl (C=O) groups is 1. The smallest absolute Gasteiger partial charge is 0.247 e. The van der Waals surface area contributed by atoms with Gasteiger partial charge in [0.05, 0.1) is 11.3 Å². The Morgan fingerprint density at radius 2 is 1.82 bits per heavy atom. The van der Waals surface area contributed by atoms with Crippen molar-refractivity contribution in [3.05, 3.63) is 83.9 Å². The number of halogens is 1. The molecule has 0 saturated carbocycles. The van der Waals surface area contributed by atoms with Crippen LogP contribution in [0.15, 0.2) is 71.5 Å². The molecular formula is C25H24FN5O2. The molecule has 4 N–H and O–H groups in total. The van der Waals surface area contributed by atoms with Gasteiger partial charge in [0.15, 0.2) is 0 Å². The SMILES string of the molecule is CCC(=O)N(c1cccc(CN)c1)c1onc(-c2ccc(F)c(CN)c2)c1-c1ccncc1. The van der Waals surface area contributed by atoms with Gasteiger partial charge in [0.25, 0.3) is 0 Å². The third-order valence-corrected chi connectivity index (χ3v) is 5.34. The maximum Gasteiger partial charge on any atom is 0.247 e. The summed E-state index contributed by atoms with van der Waals surface area (Å²) in [6.45, 7) is 2.15. The number of carbonyl (C=O) groups excluding carboxylic acids is 1. The highest BCUT2D eigenvalue weighted by Gasteiger charge is 2.29. The summed E-state index contributed by atoms with van der Waals surface area (Å²) in [5.74, 6) is -0.309. The zero-order chi connectivity index (χ0) is 23.4. The molecule has 0 bridgehead atoms. The fourth-order valence-electron chi connectivity index (χ4n) is 3.64. The number of aromatic nitrogens is 2. The summed E-state index contributed by atoms with van der Waals surface area (Å²) >= 11 is 0. The first-order valence-electron chi connectivity index (χ1n) is 10.6. The number of hydrogen-bond donors (Lipinski definition) is 2. The first kappa shape index (κ1) is 22.3. The van der Waals surface area contributed by atoms with Gasteiger partial charge in [-0.2, -0.15) is 0 Å². The average Bonchev–Trinajstić information content (AvgIpc) is 3.29. The molecule has 0 saturated heterocycles. The average molecular weight is 445 g/mol. The number of amides is 1. The number of benzene rings is 2. The van der Waals surface area contributed by atoms with E-state index in [0.29, 0.717) is 34.6 Å². The van der Waals surface area contributed by atoms with E-state index in [1.807, 2.05) is 24.3 Å². The van der Waals surface area contributed by atoms with Gasteiger partial charge in [-0.1, -0.05) is 24.2 Å². The molecule has 0 aliphatic rings. The summed E-state index contributed by atoms with van der Waals surface area (Å²) < 4.78 is 19.9. The summed E-state index contributed by atoms with van der Waals surface area (Å²) in [4.78, 5) is 18.7. The highest BCUT2D eigenvalue weighted by molar-refractivity contribution is 6.04. The molecule has 1 amide bonds. The molecule has 0 atom stereocenters. The third kappa shape index (κ3) is 4.39. The Kier molecular flexibility index (Phi) is 6.58. The molecule has 8 heteroatoms. The quantitative estimate of drug-likeness (QED) is 0.432. The molecule has 2 aromatic carbocycles. The summed E-state index contributed by atoms with van der Waals surface area (Å²) in [5, 5.41) is 4.30. The number of pyridine rings is 1. The normalized spacial score (nSPS) is 10.9. The summed E-state index contributed by atoms with van der Waals surface area (Å²) in [6, 6.07) is 15.6. The van der Waals surface area contributed by atoms with E-state index in [1.165, 1.54) is 11.0 Å². The van der Waals surface area contributed by atoms with E-state index in [-0.39, 0.29) is 24.8 Å². The van der Waals surface area contributed by atoms with Gasteiger partial charge in [0.1, 0.15) is 11.5 Å². The van der Waals surface area contributed by atoms with Crippen molar-refractivity contribution < 1.29 is 13.7 Å². The summed E-state index contributed by atoms with van der Waals surface area (Å²) in [7, 11) is 0. The van der Waals surface area contributed by atoms with Crippen LogP contribution in [0.1, 0.15) is 24.5 Å². The zero-order valence-electron chi connectivity index (χ0n) is 18.2. The molecule has 33 heavy (non-hydrogen) atoms. The predicted octanol–water partition coefficient (Wildman–Crippen LogP) is 4.53. The Hall–Kier alpha value is -3.88. The fraction of sp³-hybridized carbons (Fsp3) is 0.160. The van der Waals surface area contributed by atoms with Crippen LogP contribution in [0.2, 0.25) is 0 Å². The van der Waals surface area contributed by atoms with Crippen molar-refractivity contribution in [3.8, 4) is 22.4 Å². The van der Waals surface area contributed by atoms with Crippen molar-refractivity contribution in [3.63, 3.8) is 0 Å². The van der Waals surface area contributed by atoms with Crippen molar-refractivity contribution in [2.75, 3.05) is 4.90 Å². The Balaban J connectivity index is 1.97. The molecule has 0 spiro atoms. The van der Waals surface area contributed by atoms with Crippen molar-refractivity contribution in [2.24, 2.45) is 11.5 Å². The van der Waals surface area contributed by atoms with Gasteiger partial charge >= 0.3 is 0 Å². The van der Waals surface area contributed by atoms with Crippen LogP contribution in [0.25, 0.3) is 22.4 Å². The van der Waals surface area contributed by atoms with Gasteiger partial charge in [0, 0.05) is 43.0 Å². The zero-order valence-corrected chi connectivity index (χ0v) is 18.2. The number of rotatable bonds is 7. The first-order valence-corrected chi connectivity index (χ1v) is 10.6. The maximum absolute atomic E-state index is 14.1. The van der Waals surface area contributed by atoms with E-state index in [2.05, 4.69) is 10.1 Å². The van der Waals surface area contributed by atoms with Crippen LogP contribution >= 0.6 is 0 Å². The Morgan fingerprint density at radius 1 is 1.03 bits per heavy atom. The second-order valence-corrected chi connectivity index (χ2v) is 7.41. The lowest BCUT2D eigenvalue weighted by Gasteiger charge is -2.21. The molecule has 0 aliphatic heterocycles. The van der Waals surface area contributed by atoms with Gasteiger partial charge in [-0.05, 0) is 53.6 Å². The van der Waals surface area contributed by atoms with E-state index >= 15 is 0 Å². The van der Waals surface area contributed by atoms with Crippen molar-refractivity contribution in [2.45, 2.75) is 26.4 Å². The highest BCUT2D eigenvalue weighted by atomic mass is 19.1. The predicted molar refractivity (Wildman–Crippen MR) is 125 cm³/mol. The minimum absolute atomic E-state index is 0.0430. The van der Waals surface area contributed by atoms with E-state index < -0.39 is 5.82 Å². The van der Waals surface area contributed by atoms with Gasteiger partial charge in [0.2, 0.25) is 11.8 Å². The molecule has 0 fully saturated rings. The first-order chi connectivity index (χ1) is 16.1. The molecule has 0 aliphatic carbocycles. The molecule has 0 unspecified atom stereocenters. The number of hydrogen-bond acceptors (Lipinski definition) is 6. The number of anilines is 2. The Morgan fingerprint density at radius 3 is 2.52 bits per heavy atom. The summed E-state index contributed by atoms with van der Waals surface area (Å²) in [5.41, 5.74) is 15.8. The van der Waals surface area contributed by atoms with E-state index in [9.17, 15) is 9.18 Å². The molecular weight excluding hydrogens is 421 g/mol. The van der Waals surface area contributed by atoms with Gasteiger partial charge in [-0.25, -0.2) is 9.29 Å². The lowest BCUT2D eigenvalue weighted by Crippen LogP contribution is -2.25. The van der Waals surface area contributed by atoms with Gasteiger partial charge < -0.3 is 16.0 Å². The van der Waals surface area contributed by atoms with Gasteiger partial charge in [-0.15, -0.1) is 0 Å². The topological polar surface area (TPSA) is 111 Å². The van der Waals surface area contributed by atoms with Crippen LogP contribution < -0.4 is 16.4 Å². The number of nitrogens with zero attached hydrogens (tertiary/aromatic N) is 3. The second kappa shape index (κ2) is 9.72. The van der Waals surface area contributed by atoms with Crippen LogP contribution in [0, 0.1) is 5.82 Å². The lowest BCUT2D eigenvalue weighted by atomic mass is 9.99. The van der Waals surface area contributed by atoms with Gasteiger partial charge in [-0.3, -0.25) is 9.78 Å². The van der Waals surface area contributed by atoms with Crippen molar-refractivity contribution in [1.82, 2.24) is 10.1 Å². The molecule has 2 aromatic heterocycles. The molecule has 0 radical (unpaired) electrons.